The molecule has 314 valence electrons. The van der Waals surface area contributed by atoms with E-state index in [1.54, 1.807) is 34.6 Å². The van der Waals surface area contributed by atoms with Gasteiger partial charge in [-0.3, -0.25) is 34.3 Å². The lowest BCUT2D eigenvalue weighted by Crippen LogP contribution is -2.54. The number of sulfonamides is 1. The van der Waals surface area contributed by atoms with Crippen molar-refractivity contribution in [3.63, 3.8) is 0 Å². The second-order valence-corrected chi connectivity index (χ2v) is 19.6. The van der Waals surface area contributed by atoms with Gasteiger partial charge in [-0.2, -0.15) is 9.57 Å². The van der Waals surface area contributed by atoms with Crippen LogP contribution in [0, 0.1) is 22.7 Å². The first-order chi connectivity index (χ1) is 28.9. The molecule has 3 aromatic carbocycles. The van der Waals surface area contributed by atoms with Gasteiger partial charge in [0.15, 0.2) is 0 Å². The van der Waals surface area contributed by atoms with Crippen LogP contribution in [-0.2, 0) is 19.6 Å². The third-order valence-corrected chi connectivity index (χ3v) is 16.0. The minimum Gasteiger partial charge on any atom is -0.371 e. The summed E-state index contributed by atoms with van der Waals surface area (Å²) in [4.78, 5) is 61.3. The third kappa shape index (κ3) is 7.63. The zero-order valence-corrected chi connectivity index (χ0v) is 35.1. The highest BCUT2D eigenvalue weighted by molar-refractivity contribution is 7.89. The second kappa shape index (κ2) is 16.1. The van der Waals surface area contributed by atoms with Gasteiger partial charge in [0, 0.05) is 95.5 Å². The molecule has 6 heterocycles. The number of nitrogens with one attached hydrogen (secondary N) is 1. The summed E-state index contributed by atoms with van der Waals surface area (Å²) in [7, 11) is -3.61. The highest BCUT2D eigenvalue weighted by atomic mass is 35.5. The van der Waals surface area contributed by atoms with E-state index in [1.807, 2.05) is 30.3 Å². The average Bonchev–Trinajstić information content (AvgIpc) is 3.78. The van der Waals surface area contributed by atoms with E-state index in [0.717, 1.165) is 113 Å². The smallest absolute Gasteiger partial charge is 0.262 e. The van der Waals surface area contributed by atoms with Crippen molar-refractivity contribution in [2.24, 2.45) is 11.3 Å². The number of rotatable bonds is 8. The predicted molar refractivity (Wildman–Crippen MR) is 227 cm³/mol. The molecule has 3 aromatic rings. The van der Waals surface area contributed by atoms with Crippen LogP contribution >= 0.6 is 11.6 Å². The van der Waals surface area contributed by atoms with Crippen molar-refractivity contribution in [3.05, 3.63) is 82.4 Å². The van der Waals surface area contributed by atoms with Crippen LogP contribution in [0.4, 0.5) is 17.1 Å². The summed E-state index contributed by atoms with van der Waals surface area (Å²) in [5.74, 6) is -1.45. The number of hydrogen-bond acceptors (Lipinski definition) is 11. The fourth-order valence-corrected chi connectivity index (χ4v) is 11.8. The number of anilines is 3. The quantitative estimate of drug-likeness (QED) is 0.322. The van der Waals surface area contributed by atoms with Crippen molar-refractivity contribution in [2.75, 3.05) is 86.7 Å². The van der Waals surface area contributed by atoms with Gasteiger partial charge in [-0.25, -0.2) is 8.42 Å². The minimum absolute atomic E-state index is 0.0667. The summed E-state index contributed by atoms with van der Waals surface area (Å²) in [6.45, 7) is 9.00. The molecule has 1 spiro atoms. The zero-order valence-electron chi connectivity index (χ0n) is 33.5. The number of imide groups is 2. The Morgan fingerprint density at radius 2 is 1.35 bits per heavy atom. The van der Waals surface area contributed by atoms with E-state index in [4.69, 9.17) is 11.6 Å². The number of fused-ring (bicyclic) bond motifs is 1. The van der Waals surface area contributed by atoms with E-state index >= 15 is 0 Å². The van der Waals surface area contributed by atoms with Gasteiger partial charge in [0.2, 0.25) is 21.8 Å². The Morgan fingerprint density at radius 1 is 0.717 bits per heavy atom. The second-order valence-electron chi connectivity index (χ2n) is 17.2. The Labute approximate surface area is 355 Å². The number of benzene rings is 3. The van der Waals surface area contributed by atoms with Crippen molar-refractivity contribution >= 4 is 62.3 Å². The van der Waals surface area contributed by atoms with E-state index in [9.17, 15) is 32.9 Å². The van der Waals surface area contributed by atoms with Crippen molar-refractivity contribution < 1.29 is 27.6 Å². The number of hydrogen-bond donors (Lipinski definition) is 1. The van der Waals surface area contributed by atoms with Crippen molar-refractivity contribution in [3.8, 4) is 6.07 Å². The largest absolute Gasteiger partial charge is 0.371 e. The van der Waals surface area contributed by atoms with Crippen molar-refractivity contribution in [1.82, 2.24) is 19.4 Å². The van der Waals surface area contributed by atoms with Gasteiger partial charge in [0.05, 0.1) is 26.6 Å². The Kier molecular flexibility index (Phi) is 10.9. The van der Waals surface area contributed by atoms with Crippen molar-refractivity contribution in [1.29, 1.82) is 5.26 Å². The van der Waals surface area contributed by atoms with Crippen molar-refractivity contribution in [2.45, 2.75) is 55.9 Å². The number of nitrogens with zero attached hydrogens (tertiary/aromatic N) is 7. The lowest BCUT2D eigenvalue weighted by atomic mass is 9.78. The lowest BCUT2D eigenvalue weighted by Gasteiger charge is -2.40. The first-order valence-electron chi connectivity index (χ1n) is 21.0. The summed E-state index contributed by atoms with van der Waals surface area (Å²) >= 11 is 6.31. The maximum atomic E-state index is 13.8. The molecule has 0 radical (unpaired) electrons. The molecule has 16 heteroatoms. The van der Waals surface area contributed by atoms with Crippen LogP contribution in [0.25, 0.3) is 0 Å². The minimum atomic E-state index is -3.61. The van der Waals surface area contributed by atoms with Crippen LogP contribution < -0.4 is 20.0 Å². The molecule has 9 rings (SSSR count). The van der Waals surface area contributed by atoms with Gasteiger partial charge >= 0.3 is 0 Å². The van der Waals surface area contributed by atoms with E-state index in [1.165, 1.54) is 0 Å². The van der Waals surface area contributed by atoms with Gasteiger partial charge in [-0.15, -0.1) is 0 Å². The monoisotopic (exact) mass is 852 g/mol. The summed E-state index contributed by atoms with van der Waals surface area (Å²) < 4.78 is 29.1. The molecule has 14 nitrogen and oxygen atoms in total. The summed E-state index contributed by atoms with van der Waals surface area (Å²) in [6, 6.07) is 19.4. The molecule has 5 fully saturated rings. The summed E-state index contributed by atoms with van der Waals surface area (Å²) in [5, 5.41) is 11.9. The number of piperazine rings is 1. The number of piperidine rings is 3. The molecule has 5 saturated heterocycles. The highest BCUT2D eigenvalue weighted by Gasteiger charge is 2.46. The summed E-state index contributed by atoms with van der Waals surface area (Å²) in [5.41, 5.74) is 4.05. The standard InChI is InChI=1S/C44H49ClN8O6S/c45-38-26-34(2-1-31(38)27-46)51-18-13-44(29-51)14-19-52(20-15-44)60(58,59)35-6-3-32(4-7-35)50-23-21-48(22-24-50)28-30-11-16-49(17-12-30)33-5-8-36-37(25-33)43(57)53(42(36)56)39-9-10-40(54)47-41(39)55/h1-8,25-26,30,39H,9-24,28-29H2,(H,47,54,55). The first kappa shape index (κ1) is 40.4. The molecule has 0 bridgehead atoms. The molecule has 6 aliphatic rings. The number of carbonyl (C=O) groups excluding carboxylic acids is 4. The van der Waals surface area contributed by atoms with Gasteiger partial charge in [-0.05, 0) is 111 Å². The third-order valence-electron chi connectivity index (χ3n) is 13.8. The molecule has 6 aliphatic heterocycles. The SMILES string of the molecule is N#Cc1ccc(N2CCC3(CCN(S(=O)(=O)c4ccc(N5CCN(CC6CCN(c7ccc8c(c7)C(=O)N(C7CCC(=O)NC7=O)C8=O)CC6)CC5)cc4)CC3)C2)cc1Cl. The Hall–Kier alpha value is -5.01. The molecule has 60 heavy (non-hydrogen) atoms. The molecular formula is C44H49ClN8O6S. The molecule has 4 amide bonds. The van der Waals surface area contributed by atoms with Gasteiger partial charge < -0.3 is 14.7 Å². The number of halogens is 1. The van der Waals surface area contributed by atoms with Gasteiger partial charge in [-0.1, -0.05) is 11.6 Å². The van der Waals surface area contributed by atoms with Crippen LogP contribution in [0.2, 0.25) is 5.02 Å². The molecule has 1 atom stereocenters. The number of amides is 4. The van der Waals surface area contributed by atoms with Crippen LogP contribution in [0.15, 0.2) is 65.6 Å². The van der Waals surface area contributed by atoms with Crippen LogP contribution in [0.3, 0.4) is 0 Å². The fourth-order valence-electron chi connectivity index (χ4n) is 10.1. The van der Waals surface area contributed by atoms with Crippen LogP contribution in [-0.4, -0.2) is 124 Å². The maximum absolute atomic E-state index is 13.8. The summed E-state index contributed by atoms with van der Waals surface area (Å²) in [6.07, 6.45) is 4.85. The van der Waals surface area contributed by atoms with Crippen LogP contribution in [0.1, 0.15) is 71.2 Å². The number of carbonyl (C=O) groups is 4. The normalized spacial score (nSPS) is 23.0. The van der Waals surface area contributed by atoms with E-state index in [2.05, 4.69) is 31.0 Å². The molecule has 1 N–H and O–H groups in total. The topological polar surface area (TPSA) is 158 Å². The first-order valence-corrected chi connectivity index (χ1v) is 22.9. The molecular weight excluding hydrogens is 804 g/mol. The molecule has 0 saturated carbocycles. The van der Waals surface area contributed by atoms with Gasteiger partial charge in [0.25, 0.3) is 11.8 Å². The number of nitriles is 1. The Morgan fingerprint density at radius 3 is 2.03 bits per heavy atom. The van der Waals surface area contributed by atoms with Crippen LogP contribution in [0.5, 0.6) is 0 Å². The zero-order chi connectivity index (χ0) is 41.8. The Bertz CT molecular complexity index is 2360. The van der Waals surface area contributed by atoms with E-state index < -0.39 is 39.7 Å². The Balaban J connectivity index is 0.725. The average molecular weight is 853 g/mol. The van der Waals surface area contributed by atoms with E-state index in [-0.39, 0.29) is 18.3 Å². The fraction of sp³-hybridized carbons (Fsp3) is 0.477. The molecule has 0 aliphatic carbocycles. The predicted octanol–water partition coefficient (Wildman–Crippen LogP) is 4.33. The maximum Gasteiger partial charge on any atom is 0.262 e. The molecule has 0 aromatic heterocycles. The molecule has 1 unspecified atom stereocenters. The lowest BCUT2D eigenvalue weighted by molar-refractivity contribution is -0.136. The van der Waals surface area contributed by atoms with Gasteiger partial charge in [0.1, 0.15) is 12.1 Å². The van der Waals surface area contributed by atoms with E-state index in [0.29, 0.717) is 45.6 Å². The highest BCUT2D eigenvalue weighted by Crippen LogP contribution is 2.43.